The highest BCUT2D eigenvalue weighted by atomic mass is 35.5. The molecule has 0 unspecified atom stereocenters. The summed E-state index contributed by atoms with van der Waals surface area (Å²) < 4.78 is 46.1. The van der Waals surface area contributed by atoms with Crippen LogP contribution in [0.15, 0.2) is 95.9 Å². The number of ether oxygens (including phenoxy) is 3. The van der Waals surface area contributed by atoms with Gasteiger partial charge in [0.1, 0.15) is 18.3 Å². The van der Waals surface area contributed by atoms with Gasteiger partial charge in [0.2, 0.25) is 11.8 Å². The zero-order chi connectivity index (χ0) is 34.1. The Morgan fingerprint density at radius 3 is 2.06 bits per heavy atom. The van der Waals surface area contributed by atoms with Crippen LogP contribution < -0.4 is 23.8 Å². The maximum absolute atomic E-state index is 14.6. The Kier molecular flexibility index (Phi) is 11.7. The summed E-state index contributed by atoms with van der Waals surface area (Å²) in [6.07, 6.45) is 0.195. The number of methoxy groups -OCH3 is 3. The monoisotopic (exact) mass is 679 g/mol. The van der Waals surface area contributed by atoms with Gasteiger partial charge in [0.25, 0.3) is 10.0 Å². The summed E-state index contributed by atoms with van der Waals surface area (Å²) in [4.78, 5) is 29.3. The van der Waals surface area contributed by atoms with E-state index in [-0.39, 0.29) is 40.1 Å². The average Bonchev–Trinajstić information content (AvgIpc) is 3.09. The number of halogens is 1. The zero-order valence-electron chi connectivity index (χ0n) is 26.9. The van der Waals surface area contributed by atoms with Crippen molar-refractivity contribution in [2.75, 3.05) is 39.2 Å². The maximum atomic E-state index is 14.6. The Morgan fingerprint density at radius 1 is 0.809 bits per heavy atom. The van der Waals surface area contributed by atoms with E-state index in [0.717, 1.165) is 21.0 Å². The molecule has 248 valence electrons. The minimum atomic E-state index is -4.47. The summed E-state index contributed by atoms with van der Waals surface area (Å²) in [5, 5.41) is 2.90. The van der Waals surface area contributed by atoms with E-state index in [1.165, 1.54) is 63.6 Å². The molecule has 4 aromatic rings. The fraction of sp³-hybridized carbons (Fsp3) is 0.257. The van der Waals surface area contributed by atoms with E-state index in [1.54, 1.807) is 6.07 Å². The highest BCUT2D eigenvalue weighted by Crippen LogP contribution is 2.37. The molecule has 1 N–H and O–H groups in total. The molecular formula is C35H38ClN3O7S. The van der Waals surface area contributed by atoms with E-state index in [0.29, 0.717) is 5.75 Å². The van der Waals surface area contributed by atoms with Crippen LogP contribution in [0.25, 0.3) is 0 Å². The Hall–Kier alpha value is -4.74. The van der Waals surface area contributed by atoms with Crippen LogP contribution in [0.2, 0.25) is 5.02 Å². The van der Waals surface area contributed by atoms with Crippen LogP contribution in [0.4, 0.5) is 5.69 Å². The third kappa shape index (κ3) is 8.35. The quantitative estimate of drug-likeness (QED) is 0.194. The van der Waals surface area contributed by atoms with Crippen molar-refractivity contribution >= 4 is 39.1 Å². The molecule has 0 radical (unpaired) electrons. The SMILES string of the molecule is CNC(=O)[C@@H](Cc1ccccc1)N(Cc1ccc(C)cc1)C(=O)CN(c1cc(Cl)ccc1OC)S(=O)(=O)c1ccc(OC)c(OC)c1. The van der Waals surface area contributed by atoms with E-state index in [1.807, 2.05) is 61.5 Å². The minimum Gasteiger partial charge on any atom is -0.495 e. The van der Waals surface area contributed by atoms with Gasteiger partial charge in [0, 0.05) is 31.1 Å². The third-order valence-corrected chi connectivity index (χ3v) is 9.61. The molecule has 47 heavy (non-hydrogen) atoms. The number of amides is 2. The first-order valence-electron chi connectivity index (χ1n) is 14.7. The molecule has 0 saturated heterocycles. The van der Waals surface area contributed by atoms with Crippen molar-refractivity contribution in [1.29, 1.82) is 0 Å². The summed E-state index contributed by atoms with van der Waals surface area (Å²) >= 11 is 6.36. The molecule has 0 aliphatic rings. The summed E-state index contributed by atoms with van der Waals surface area (Å²) in [5.74, 6) is -0.344. The van der Waals surface area contributed by atoms with Crippen molar-refractivity contribution in [1.82, 2.24) is 10.2 Å². The van der Waals surface area contributed by atoms with Gasteiger partial charge < -0.3 is 24.4 Å². The van der Waals surface area contributed by atoms with Crippen LogP contribution in [0, 0.1) is 6.92 Å². The lowest BCUT2D eigenvalue weighted by atomic mass is 10.0. The second-order valence-electron chi connectivity index (χ2n) is 10.7. The number of carbonyl (C=O) groups is 2. The zero-order valence-corrected chi connectivity index (χ0v) is 28.5. The molecule has 0 spiro atoms. The highest BCUT2D eigenvalue weighted by molar-refractivity contribution is 7.92. The molecule has 0 fully saturated rings. The largest absolute Gasteiger partial charge is 0.495 e. The molecule has 12 heteroatoms. The lowest BCUT2D eigenvalue weighted by molar-refractivity contribution is -0.139. The maximum Gasteiger partial charge on any atom is 0.265 e. The first-order chi connectivity index (χ1) is 22.5. The lowest BCUT2D eigenvalue weighted by Gasteiger charge is -2.34. The molecule has 0 aliphatic heterocycles. The Labute approximate surface area is 280 Å². The molecule has 0 saturated carbocycles. The summed E-state index contributed by atoms with van der Waals surface area (Å²) in [5.41, 5.74) is 2.66. The van der Waals surface area contributed by atoms with Crippen molar-refractivity contribution in [2.24, 2.45) is 0 Å². The molecule has 0 bridgehead atoms. The number of nitrogens with zero attached hydrogens (tertiary/aromatic N) is 2. The second-order valence-corrected chi connectivity index (χ2v) is 13.0. The minimum absolute atomic E-state index is 0.0398. The van der Waals surface area contributed by atoms with Gasteiger partial charge >= 0.3 is 0 Å². The molecule has 0 aliphatic carbocycles. The van der Waals surface area contributed by atoms with Gasteiger partial charge in [-0.3, -0.25) is 13.9 Å². The molecule has 0 heterocycles. The standard InChI is InChI=1S/C35H38ClN3O7S/c1-24-11-13-26(14-12-24)22-38(30(35(41)37-2)19-25-9-7-6-8-10-25)34(40)23-39(29-20-27(36)15-17-31(29)44-3)47(42,43)28-16-18-32(45-4)33(21-28)46-5/h6-18,20-21,30H,19,22-23H2,1-5H3,(H,37,41)/t30-/m1/s1. The number of nitrogens with one attached hydrogen (secondary N) is 1. The number of hydrogen-bond acceptors (Lipinski definition) is 7. The predicted octanol–water partition coefficient (Wildman–Crippen LogP) is 5.26. The van der Waals surface area contributed by atoms with Crippen LogP contribution in [-0.2, 0) is 32.6 Å². The van der Waals surface area contributed by atoms with Crippen LogP contribution in [0.5, 0.6) is 17.2 Å². The van der Waals surface area contributed by atoms with E-state index < -0.39 is 34.4 Å². The number of benzene rings is 4. The van der Waals surface area contributed by atoms with Crippen LogP contribution >= 0.6 is 11.6 Å². The van der Waals surface area contributed by atoms with Gasteiger partial charge in [-0.25, -0.2) is 8.42 Å². The average molecular weight is 680 g/mol. The molecule has 4 rings (SSSR count). The first-order valence-corrected chi connectivity index (χ1v) is 16.5. The number of sulfonamides is 1. The first kappa shape index (κ1) is 35.1. The van der Waals surface area contributed by atoms with Gasteiger partial charge in [0.05, 0.1) is 31.9 Å². The molecule has 10 nitrogen and oxygen atoms in total. The van der Waals surface area contributed by atoms with Crippen molar-refractivity contribution < 1.29 is 32.2 Å². The van der Waals surface area contributed by atoms with Crippen molar-refractivity contribution in [3.05, 3.63) is 113 Å². The predicted molar refractivity (Wildman–Crippen MR) is 182 cm³/mol. The molecular weight excluding hydrogens is 642 g/mol. The van der Waals surface area contributed by atoms with Crippen LogP contribution in [-0.4, -0.2) is 66.1 Å². The lowest BCUT2D eigenvalue weighted by Crippen LogP contribution is -2.53. The second kappa shape index (κ2) is 15.7. The summed E-state index contributed by atoms with van der Waals surface area (Å²) in [7, 11) is 1.25. The number of hydrogen-bond donors (Lipinski definition) is 1. The summed E-state index contributed by atoms with van der Waals surface area (Å²) in [6.45, 7) is 1.31. The number of rotatable bonds is 14. The highest BCUT2D eigenvalue weighted by Gasteiger charge is 2.36. The van der Waals surface area contributed by atoms with Gasteiger partial charge in [0.15, 0.2) is 11.5 Å². The molecule has 1 atom stereocenters. The number of aryl methyl sites for hydroxylation is 1. The Morgan fingerprint density at radius 2 is 1.45 bits per heavy atom. The number of carbonyl (C=O) groups excluding carboxylic acids is 2. The van der Waals surface area contributed by atoms with E-state index in [4.69, 9.17) is 25.8 Å². The Bertz CT molecular complexity index is 1800. The molecule has 0 aromatic heterocycles. The van der Waals surface area contributed by atoms with Crippen LogP contribution in [0.1, 0.15) is 16.7 Å². The smallest absolute Gasteiger partial charge is 0.265 e. The fourth-order valence-electron chi connectivity index (χ4n) is 5.09. The van der Waals surface area contributed by atoms with Crippen molar-refractivity contribution in [3.63, 3.8) is 0 Å². The van der Waals surface area contributed by atoms with E-state index in [9.17, 15) is 18.0 Å². The van der Waals surface area contributed by atoms with E-state index in [2.05, 4.69) is 5.32 Å². The number of likely N-dealkylation sites (N-methyl/N-ethyl adjacent to an activating group) is 1. The third-order valence-electron chi connectivity index (χ3n) is 7.62. The van der Waals surface area contributed by atoms with Gasteiger partial charge in [-0.2, -0.15) is 0 Å². The van der Waals surface area contributed by atoms with Crippen molar-refractivity contribution in [2.45, 2.75) is 30.8 Å². The van der Waals surface area contributed by atoms with Crippen LogP contribution in [0.3, 0.4) is 0 Å². The molecule has 2 amide bonds. The summed E-state index contributed by atoms with van der Waals surface area (Å²) in [6, 6.07) is 24.5. The fourth-order valence-corrected chi connectivity index (χ4v) is 6.69. The van der Waals surface area contributed by atoms with Crippen molar-refractivity contribution in [3.8, 4) is 17.2 Å². The Balaban J connectivity index is 1.86. The van der Waals surface area contributed by atoms with Gasteiger partial charge in [-0.05, 0) is 48.4 Å². The van der Waals surface area contributed by atoms with Gasteiger partial charge in [-0.1, -0.05) is 71.8 Å². The topological polar surface area (TPSA) is 114 Å². The molecule has 4 aromatic carbocycles. The normalized spacial score (nSPS) is 11.7. The van der Waals surface area contributed by atoms with Gasteiger partial charge in [-0.15, -0.1) is 0 Å². The number of anilines is 1. The van der Waals surface area contributed by atoms with E-state index >= 15 is 0 Å².